The molecule has 1 heteroatoms. The van der Waals surface area contributed by atoms with E-state index in [1.807, 2.05) is 0 Å². The fourth-order valence-electron chi connectivity index (χ4n) is 4.76. The molecule has 0 aromatic rings. The van der Waals surface area contributed by atoms with Crippen LogP contribution < -0.4 is 5.73 Å². The zero-order chi connectivity index (χ0) is 13.1. The van der Waals surface area contributed by atoms with Crippen molar-refractivity contribution in [2.24, 2.45) is 35.3 Å². The van der Waals surface area contributed by atoms with Crippen LogP contribution in [0.3, 0.4) is 0 Å². The SMILES string of the molecule is CCC1CCCC(C(N)C2CC(C)CC(C)C2)C1. The second-order valence-electron chi connectivity index (χ2n) is 7.46. The Morgan fingerprint density at radius 1 is 0.944 bits per heavy atom. The highest BCUT2D eigenvalue weighted by atomic mass is 14.7. The second kappa shape index (κ2) is 6.41. The van der Waals surface area contributed by atoms with E-state index in [1.54, 1.807) is 0 Å². The molecule has 0 spiro atoms. The van der Waals surface area contributed by atoms with Crippen molar-refractivity contribution in [1.29, 1.82) is 0 Å². The molecule has 0 heterocycles. The fraction of sp³-hybridized carbons (Fsp3) is 1.00. The van der Waals surface area contributed by atoms with Gasteiger partial charge in [0.05, 0.1) is 0 Å². The van der Waals surface area contributed by atoms with Gasteiger partial charge in [0.15, 0.2) is 0 Å². The van der Waals surface area contributed by atoms with E-state index in [0.717, 1.165) is 29.6 Å². The molecule has 2 aliphatic carbocycles. The first-order valence-electron chi connectivity index (χ1n) is 8.35. The van der Waals surface area contributed by atoms with Crippen molar-refractivity contribution in [3.05, 3.63) is 0 Å². The van der Waals surface area contributed by atoms with Crippen LogP contribution in [0.1, 0.15) is 72.1 Å². The monoisotopic (exact) mass is 251 g/mol. The molecule has 0 aromatic heterocycles. The van der Waals surface area contributed by atoms with E-state index in [4.69, 9.17) is 5.73 Å². The third kappa shape index (κ3) is 3.50. The largest absolute Gasteiger partial charge is 0.327 e. The molecule has 2 rings (SSSR count). The highest BCUT2D eigenvalue weighted by Crippen LogP contribution is 2.40. The standard InChI is InChI=1S/C17H33N/c1-4-14-6-5-7-15(11-14)17(18)16-9-12(2)8-13(3)10-16/h12-17H,4-11,18H2,1-3H3. The van der Waals surface area contributed by atoms with Crippen LogP contribution in [0.5, 0.6) is 0 Å². The van der Waals surface area contributed by atoms with Crippen molar-refractivity contribution in [2.45, 2.75) is 78.2 Å². The average Bonchev–Trinajstić information content (AvgIpc) is 2.37. The summed E-state index contributed by atoms with van der Waals surface area (Å²) >= 11 is 0. The molecule has 0 radical (unpaired) electrons. The Bertz CT molecular complexity index is 240. The number of rotatable bonds is 3. The summed E-state index contributed by atoms with van der Waals surface area (Å²) in [4.78, 5) is 0. The third-order valence-electron chi connectivity index (χ3n) is 5.70. The van der Waals surface area contributed by atoms with Gasteiger partial charge in [-0.1, -0.05) is 40.0 Å². The molecule has 18 heavy (non-hydrogen) atoms. The third-order valence-corrected chi connectivity index (χ3v) is 5.70. The molecule has 0 amide bonds. The van der Waals surface area contributed by atoms with Crippen LogP contribution in [0.4, 0.5) is 0 Å². The topological polar surface area (TPSA) is 26.0 Å². The molecule has 106 valence electrons. The van der Waals surface area contributed by atoms with Crippen LogP contribution in [0, 0.1) is 29.6 Å². The van der Waals surface area contributed by atoms with Gasteiger partial charge < -0.3 is 5.73 Å². The van der Waals surface area contributed by atoms with E-state index in [1.165, 1.54) is 51.4 Å². The zero-order valence-electron chi connectivity index (χ0n) is 12.7. The second-order valence-corrected chi connectivity index (χ2v) is 7.46. The molecule has 2 N–H and O–H groups in total. The normalized spacial score (nSPS) is 43.7. The lowest BCUT2D eigenvalue weighted by Gasteiger charge is -2.41. The maximum atomic E-state index is 6.66. The average molecular weight is 251 g/mol. The maximum absolute atomic E-state index is 6.66. The molecule has 1 nitrogen and oxygen atoms in total. The van der Waals surface area contributed by atoms with Gasteiger partial charge in [-0.2, -0.15) is 0 Å². The van der Waals surface area contributed by atoms with E-state index in [-0.39, 0.29) is 0 Å². The van der Waals surface area contributed by atoms with Gasteiger partial charge in [0.1, 0.15) is 0 Å². The van der Waals surface area contributed by atoms with Crippen molar-refractivity contribution >= 4 is 0 Å². The molecule has 0 saturated heterocycles. The molecule has 2 fully saturated rings. The lowest BCUT2D eigenvalue weighted by molar-refractivity contribution is 0.131. The van der Waals surface area contributed by atoms with Gasteiger partial charge in [0, 0.05) is 6.04 Å². The van der Waals surface area contributed by atoms with Crippen LogP contribution in [0.2, 0.25) is 0 Å². The van der Waals surface area contributed by atoms with Gasteiger partial charge in [-0.05, 0) is 61.7 Å². The zero-order valence-corrected chi connectivity index (χ0v) is 12.7. The van der Waals surface area contributed by atoms with Crippen molar-refractivity contribution in [1.82, 2.24) is 0 Å². The quantitative estimate of drug-likeness (QED) is 0.779. The molecule has 5 atom stereocenters. The number of hydrogen-bond acceptors (Lipinski definition) is 1. The highest BCUT2D eigenvalue weighted by Gasteiger charge is 2.34. The first-order chi connectivity index (χ1) is 8.60. The summed E-state index contributed by atoms with van der Waals surface area (Å²) in [6.07, 6.45) is 11.3. The number of nitrogens with two attached hydrogens (primary N) is 1. The molecule has 0 bridgehead atoms. The van der Waals surface area contributed by atoms with Crippen LogP contribution in [-0.4, -0.2) is 6.04 Å². The minimum absolute atomic E-state index is 0.490. The lowest BCUT2D eigenvalue weighted by atomic mass is 9.67. The minimum Gasteiger partial charge on any atom is -0.327 e. The molecule has 0 aromatic carbocycles. The first-order valence-corrected chi connectivity index (χ1v) is 8.35. The van der Waals surface area contributed by atoms with Crippen molar-refractivity contribution in [3.8, 4) is 0 Å². The van der Waals surface area contributed by atoms with Crippen LogP contribution in [0.15, 0.2) is 0 Å². The Labute approximate surface area is 114 Å². The Balaban J connectivity index is 1.91. The Hall–Kier alpha value is -0.0400. The fourth-order valence-corrected chi connectivity index (χ4v) is 4.76. The van der Waals surface area contributed by atoms with Crippen molar-refractivity contribution in [3.63, 3.8) is 0 Å². The summed E-state index contributed by atoms with van der Waals surface area (Å²) in [5.74, 6) is 4.40. The van der Waals surface area contributed by atoms with E-state index < -0.39 is 0 Å². The summed E-state index contributed by atoms with van der Waals surface area (Å²) in [7, 11) is 0. The number of hydrogen-bond donors (Lipinski definition) is 1. The van der Waals surface area contributed by atoms with Crippen molar-refractivity contribution < 1.29 is 0 Å². The van der Waals surface area contributed by atoms with Crippen molar-refractivity contribution in [2.75, 3.05) is 0 Å². The van der Waals surface area contributed by atoms with E-state index >= 15 is 0 Å². The first kappa shape index (κ1) is 14.4. The van der Waals surface area contributed by atoms with Gasteiger partial charge in [-0.3, -0.25) is 0 Å². The van der Waals surface area contributed by atoms with Gasteiger partial charge in [-0.15, -0.1) is 0 Å². The van der Waals surface area contributed by atoms with Crippen LogP contribution in [0.25, 0.3) is 0 Å². The van der Waals surface area contributed by atoms with E-state index in [9.17, 15) is 0 Å². The predicted molar refractivity (Wildman–Crippen MR) is 79.4 cm³/mol. The summed E-state index contributed by atoms with van der Waals surface area (Å²) in [5, 5.41) is 0. The van der Waals surface area contributed by atoms with Gasteiger partial charge in [-0.25, -0.2) is 0 Å². The predicted octanol–water partition coefficient (Wildman–Crippen LogP) is 4.60. The van der Waals surface area contributed by atoms with E-state index in [0.29, 0.717) is 6.04 Å². The van der Waals surface area contributed by atoms with Gasteiger partial charge >= 0.3 is 0 Å². The Morgan fingerprint density at radius 2 is 1.61 bits per heavy atom. The van der Waals surface area contributed by atoms with Gasteiger partial charge in [0.25, 0.3) is 0 Å². The Morgan fingerprint density at radius 3 is 2.22 bits per heavy atom. The minimum atomic E-state index is 0.490. The van der Waals surface area contributed by atoms with E-state index in [2.05, 4.69) is 20.8 Å². The van der Waals surface area contributed by atoms with Crippen LogP contribution in [-0.2, 0) is 0 Å². The summed E-state index contributed by atoms with van der Waals surface area (Å²) in [5.41, 5.74) is 6.66. The maximum Gasteiger partial charge on any atom is 0.00959 e. The molecule has 0 aliphatic heterocycles. The molecular formula is C17H33N. The molecule has 2 saturated carbocycles. The van der Waals surface area contributed by atoms with Gasteiger partial charge in [0.2, 0.25) is 0 Å². The lowest BCUT2D eigenvalue weighted by Crippen LogP contribution is -2.42. The molecular weight excluding hydrogens is 218 g/mol. The highest BCUT2D eigenvalue weighted by molar-refractivity contribution is 4.88. The molecule has 2 aliphatic rings. The summed E-state index contributed by atoms with van der Waals surface area (Å²) in [6.45, 7) is 7.19. The summed E-state index contributed by atoms with van der Waals surface area (Å²) in [6, 6.07) is 0.490. The van der Waals surface area contributed by atoms with Crippen LogP contribution >= 0.6 is 0 Å². The smallest absolute Gasteiger partial charge is 0.00959 e. The summed E-state index contributed by atoms with van der Waals surface area (Å²) < 4.78 is 0. The Kier molecular flexibility index (Phi) is 5.12. The molecule has 5 unspecified atom stereocenters.